The molecule has 4 aromatic rings. The third kappa shape index (κ3) is 10.6. The Morgan fingerprint density at radius 2 is 1.48 bits per heavy atom. The minimum absolute atomic E-state index is 0.208. The van der Waals surface area contributed by atoms with Gasteiger partial charge in [0.05, 0.1) is 29.4 Å². The quantitative estimate of drug-likeness (QED) is 0.102. The molecule has 3 aliphatic heterocycles. The Morgan fingerprint density at radius 3 is 2.14 bits per heavy atom. The van der Waals surface area contributed by atoms with Crippen molar-refractivity contribution < 1.29 is 19.1 Å². The number of piperazine rings is 1. The van der Waals surface area contributed by atoms with Gasteiger partial charge in [0.25, 0.3) is 5.91 Å². The molecule has 0 unspecified atom stereocenters. The maximum Gasteiger partial charge on any atom is 0.303 e. The first-order chi connectivity index (χ1) is 27.1. The van der Waals surface area contributed by atoms with E-state index in [1.807, 2.05) is 91.0 Å². The Hall–Kier alpha value is -3.65. The molecule has 3 aliphatic rings. The van der Waals surface area contributed by atoms with Crippen molar-refractivity contribution >= 4 is 64.2 Å². The van der Waals surface area contributed by atoms with Crippen molar-refractivity contribution in [3.63, 3.8) is 0 Å². The number of para-hydroxylation sites is 2. The van der Waals surface area contributed by atoms with Crippen LogP contribution in [0.4, 0.5) is 17.1 Å². The van der Waals surface area contributed by atoms with E-state index in [0.717, 1.165) is 34.2 Å². The molecule has 1 saturated heterocycles. The normalized spacial score (nSPS) is 18.3. The van der Waals surface area contributed by atoms with Crippen LogP contribution >= 0.6 is 35.3 Å². The second-order valence-corrected chi connectivity index (χ2v) is 18.0. The van der Waals surface area contributed by atoms with Crippen molar-refractivity contribution in [3.05, 3.63) is 96.6 Å². The van der Waals surface area contributed by atoms with E-state index in [9.17, 15) is 9.59 Å². The van der Waals surface area contributed by atoms with Crippen LogP contribution in [-0.4, -0.2) is 119 Å². The molecule has 1 amide bonds. The van der Waals surface area contributed by atoms with Crippen molar-refractivity contribution in [1.82, 2.24) is 14.7 Å². The lowest BCUT2D eigenvalue weighted by atomic mass is 10.1. The maximum atomic E-state index is 13.6. The topological polar surface area (TPSA) is 68.8 Å². The molecule has 9 nitrogen and oxygen atoms in total. The summed E-state index contributed by atoms with van der Waals surface area (Å²) >= 11 is 5.38. The molecule has 0 bridgehead atoms. The Kier molecular flexibility index (Phi) is 15.1. The summed E-state index contributed by atoms with van der Waals surface area (Å²) < 4.78 is 10.8. The lowest BCUT2D eigenvalue weighted by molar-refractivity contribution is -0.152. The highest BCUT2D eigenvalue weighted by Crippen LogP contribution is 2.49. The van der Waals surface area contributed by atoms with Crippen molar-refractivity contribution in [2.24, 2.45) is 0 Å². The molecule has 4 aromatic carbocycles. The SMILES string of the molecule is CCSc1ccc2c(c1)N(CCCN1CCN(C)CC1)c1ccccc1S2.COc1ccc([C@@H]2Sc3ccccc3N(CCN(C)C)C(=O)[C@@H]2OC(C)=O)cc1. The van der Waals surface area contributed by atoms with Gasteiger partial charge in [-0.05, 0) is 100 Å². The predicted molar refractivity (Wildman–Crippen MR) is 233 cm³/mol. The van der Waals surface area contributed by atoms with Crippen LogP contribution in [0.25, 0.3) is 0 Å². The van der Waals surface area contributed by atoms with Gasteiger partial charge in [0.1, 0.15) is 5.75 Å². The molecular formula is C44H55N5O4S3. The van der Waals surface area contributed by atoms with E-state index in [4.69, 9.17) is 9.47 Å². The molecule has 0 saturated carbocycles. The van der Waals surface area contributed by atoms with Crippen LogP contribution in [0.1, 0.15) is 31.1 Å². The van der Waals surface area contributed by atoms with E-state index in [2.05, 4.69) is 71.1 Å². The number of rotatable bonds is 12. The van der Waals surface area contributed by atoms with Crippen LogP contribution in [0.3, 0.4) is 0 Å². The number of likely N-dealkylation sites (N-methyl/N-ethyl adjacent to an activating group) is 2. The van der Waals surface area contributed by atoms with Gasteiger partial charge in [0.2, 0.25) is 0 Å². The average molecular weight is 814 g/mol. The fourth-order valence-corrected chi connectivity index (χ4v) is 10.2. The van der Waals surface area contributed by atoms with E-state index >= 15 is 0 Å². The fourth-order valence-electron chi connectivity index (χ4n) is 7.07. The molecule has 0 aliphatic carbocycles. The number of amides is 1. The van der Waals surface area contributed by atoms with Crippen molar-refractivity contribution in [2.75, 3.05) is 96.2 Å². The van der Waals surface area contributed by atoms with E-state index in [1.54, 1.807) is 23.8 Å². The zero-order valence-corrected chi connectivity index (χ0v) is 35.9. The Bertz CT molecular complexity index is 1920. The van der Waals surface area contributed by atoms with Gasteiger partial charge in [0, 0.05) is 72.3 Å². The largest absolute Gasteiger partial charge is 0.497 e. The lowest BCUT2D eigenvalue weighted by Gasteiger charge is -2.35. The zero-order valence-electron chi connectivity index (χ0n) is 33.5. The van der Waals surface area contributed by atoms with Crippen LogP contribution in [0, 0.1) is 0 Å². The Morgan fingerprint density at radius 1 is 0.821 bits per heavy atom. The first-order valence-corrected chi connectivity index (χ1v) is 22.1. The number of methoxy groups -OCH3 is 1. The summed E-state index contributed by atoms with van der Waals surface area (Å²) in [7, 11) is 7.77. The summed E-state index contributed by atoms with van der Waals surface area (Å²) in [5, 5.41) is -0.359. The van der Waals surface area contributed by atoms with Crippen molar-refractivity contribution in [2.45, 2.75) is 51.2 Å². The van der Waals surface area contributed by atoms with E-state index < -0.39 is 12.1 Å². The minimum Gasteiger partial charge on any atom is -0.497 e. The van der Waals surface area contributed by atoms with Crippen LogP contribution in [0.5, 0.6) is 5.75 Å². The molecule has 298 valence electrons. The van der Waals surface area contributed by atoms with E-state index in [0.29, 0.717) is 13.1 Å². The average Bonchev–Trinajstić information content (AvgIpc) is 3.31. The molecule has 1 fully saturated rings. The van der Waals surface area contributed by atoms with Crippen LogP contribution in [0.2, 0.25) is 0 Å². The minimum atomic E-state index is -0.916. The monoisotopic (exact) mass is 813 g/mol. The third-order valence-electron chi connectivity index (χ3n) is 10.1. The number of nitrogens with zero attached hydrogens (tertiary/aromatic N) is 5. The molecular weight excluding hydrogens is 759 g/mol. The van der Waals surface area contributed by atoms with Crippen LogP contribution in [-0.2, 0) is 14.3 Å². The summed E-state index contributed by atoms with van der Waals surface area (Å²) in [5.74, 6) is 1.17. The number of fused-ring (bicyclic) bond motifs is 3. The maximum absolute atomic E-state index is 13.6. The van der Waals surface area contributed by atoms with E-state index in [-0.39, 0.29) is 11.2 Å². The summed E-state index contributed by atoms with van der Waals surface area (Å²) in [4.78, 5) is 41.9. The van der Waals surface area contributed by atoms with Gasteiger partial charge in [-0.2, -0.15) is 0 Å². The number of carbonyl (C=O) groups is 2. The van der Waals surface area contributed by atoms with Crippen molar-refractivity contribution in [3.8, 4) is 5.75 Å². The van der Waals surface area contributed by atoms with Gasteiger partial charge < -0.3 is 34.0 Å². The standard InChI is InChI=1S/C22H29N3S2.C22H26N2O4S/c1-3-26-18-9-10-22-20(17-18)25(19-7-4-5-8-21(19)27-22)12-6-11-24-15-13-23(2)14-16-24;1-15(25)28-20-21(16-9-11-17(27-4)12-10-16)29-19-8-6-5-7-18(19)24(22(20)26)14-13-23(2)3/h4-5,7-10,17H,3,6,11-16H2,1-2H3;5-12,20-21H,13-14H2,1-4H3/t;20-,21+/m.1/s1. The predicted octanol–water partition coefficient (Wildman–Crippen LogP) is 8.41. The molecule has 2 atom stereocenters. The molecule has 56 heavy (non-hydrogen) atoms. The first-order valence-electron chi connectivity index (χ1n) is 19.4. The molecule has 12 heteroatoms. The molecule has 0 spiro atoms. The number of carbonyl (C=O) groups excluding carboxylic acids is 2. The number of ether oxygens (including phenoxy) is 2. The van der Waals surface area contributed by atoms with Gasteiger partial charge in [0.15, 0.2) is 6.10 Å². The van der Waals surface area contributed by atoms with Crippen LogP contribution < -0.4 is 14.5 Å². The fraction of sp³-hybridized carbons (Fsp3) is 0.409. The number of hydrogen-bond donors (Lipinski definition) is 0. The first kappa shape index (κ1) is 42.0. The van der Waals surface area contributed by atoms with Gasteiger partial charge >= 0.3 is 5.97 Å². The Balaban J connectivity index is 0.000000190. The third-order valence-corrected chi connectivity index (χ3v) is 13.4. The van der Waals surface area contributed by atoms with E-state index in [1.165, 1.54) is 72.1 Å². The van der Waals surface area contributed by atoms with Crippen LogP contribution in [0.15, 0.2) is 111 Å². The summed E-state index contributed by atoms with van der Waals surface area (Å²) in [6.07, 6.45) is 0.285. The number of thioether (sulfide) groups is 2. The smallest absolute Gasteiger partial charge is 0.303 e. The second kappa shape index (κ2) is 20.2. The molecule has 0 N–H and O–H groups in total. The highest BCUT2D eigenvalue weighted by molar-refractivity contribution is 8.00. The second-order valence-electron chi connectivity index (χ2n) is 14.4. The molecule has 0 radical (unpaired) electrons. The number of esters is 1. The molecule has 0 aromatic heterocycles. The van der Waals surface area contributed by atoms with Gasteiger partial charge in [-0.15, -0.1) is 23.5 Å². The van der Waals surface area contributed by atoms with Gasteiger partial charge in [-0.1, -0.05) is 55.1 Å². The number of hydrogen-bond acceptors (Lipinski definition) is 11. The zero-order chi connectivity index (χ0) is 39.6. The number of benzene rings is 4. The molecule has 3 heterocycles. The number of anilines is 3. The molecule has 7 rings (SSSR count). The lowest BCUT2D eigenvalue weighted by Crippen LogP contribution is -2.45. The van der Waals surface area contributed by atoms with Gasteiger partial charge in [-0.25, -0.2) is 0 Å². The highest BCUT2D eigenvalue weighted by Gasteiger charge is 2.40. The van der Waals surface area contributed by atoms with Gasteiger partial charge in [-0.3, -0.25) is 9.59 Å². The Labute approximate surface area is 346 Å². The summed E-state index contributed by atoms with van der Waals surface area (Å²) in [6.45, 7) is 11.9. The van der Waals surface area contributed by atoms with Crippen molar-refractivity contribution in [1.29, 1.82) is 0 Å². The summed E-state index contributed by atoms with van der Waals surface area (Å²) in [5.41, 5.74) is 4.50. The summed E-state index contributed by atoms with van der Waals surface area (Å²) in [6, 6.07) is 31.2. The highest BCUT2D eigenvalue weighted by atomic mass is 32.2.